The molecule has 5 nitrogen and oxygen atoms in total. The second-order valence-corrected chi connectivity index (χ2v) is 4.80. The first-order valence-corrected chi connectivity index (χ1v) is 5.36. The Morgan fingerprint density at radius 3 is 2.82 bits per heavy atom. The number of carbonyl (C=O) groups is 1. The largest absolute Gasteiger partial charge is 0.476 e. The molecule has 0 saturated heterocycles. The number of carboxylic acid groups (broad SMARTS) is 1. The second kappa shape index (κ2) is 3.85. The zero-order chi connectivity index (χ0) is 12.6. The van der Waals surface area contributed by atoms with Crippen molar-refractivity contribution in [2.75, 3.05) is 0 Å². The van der Waals surface area contributed by atoms with E-state index in [0.29, 0.717) is 17.8 Å². The molecule has 0 aliphatic rings. The lowest BCUT2D eigenvalue weighted by atomic mass is 10.0. The molecule has 5 heteroatoms. The summed E-state index contributed by atoms with van der Waals surface area (Å²) in [7, 11) is 0. The maximum absolute atomic E-state index is 11.1. The van der Waals surface area contributed by atoms with Crippen LogP contribution in [0.4, 0.5) is 0 Å². The van der Waals surface area contributed by atoms with Crippen LogP contribution in [0.2, 0.25) is 0 Å². The fourth-order valence-corrected chi connectivity index (χ4v) is 1.79. The van der Waals surface area contributed by atoms with Crippen LogP contribution in [-0.4, -0.2) is 26.0 Å². The van der Waals surface area contributed by atoms with Gasteiger partial charge in [0.1, 0.15) is 5.82 Å². The van der Waals surface area contributed by atoms with E-state index in [0.717, 1.165) is 0 Å². The van der Waals surface area contributed by atoms with E-state index in [4.69, 9.17) is 10.8 Å². The van der Waals surface area contributed by atoms with Gasteiger partial charge in [-0.3, -0.25) is 0 Å². The molecule has 0 aliphatic carbocycles. The lowest BCUT2D eigenvalue weighted by Crippen LogP contribution is -2.35. The average Bonchev–Trinajstić information content (AvgIpc) is 2.55. The van der Waals surface area contributed by atoms with Gasteiger partial charge in [0.05, 0.1) is 5.52 Å². The number of aromatic carboxylic acids is 1. The van der Waals surface area contributed by atoms with Gasteiger partial charge in [-0.2, -0.15) is 0 Å². The summed E-state index contributed by atoms with van der Waals surface area (Å²) in [5.74, 6) is -0.347. The Morgan fingerprint density at radius 2 is 2.24 bits per heavy atom. The number of hydrogen-bond acceptors (Lipinski definition) is 3. The predicted molar refractivity (Wildman–Crippen MR) is 64.1 cm³/mol. The normalized spacial score (nSPS) is 11.9. The van der Waals surface area contributed by atoms with Gasteiger partial charge < -0.3 is 15.2 Å². The molecule has 90 valence electrons. The molecule has 0 aliphatic heterocycles. The first kappa shape index (κ1) is 11.6. The van der Waals surface area contributed by atoms with Crippen molar-refractivity contribution in [2.45, 2.75) is 25.8 Å². The summed E-state index contributed by atoms with van der Waals surface area (Å²) >= 11 is 0. The minimum absolute atomic E-state index is 0.0739. The zero-order valence-electron chi connectivity index (χ0n) is 9.84. The lowest BCUT2D eigenvalue weighted by Gasteiger charge is -2.16. The standard InChI is InChI=1S/C12H15N3O2/c1-12(2,13)7-9-14-10(11(16)17)8-5-3-4-6-15(8)9/h3-6H,7,13H2,1-2H3,(H,16,17). The minimum Gasteiger partial charge on any atom is -0.476 e. The lowest BCUT2D eigenvalue weighted by molar-refractivity contribution is 0.0693. The number of imidazole rings is 1. The highest BCUT2D eigenvalue weighted by molar-refractivity contribution is 5.93. The average molecular weight is 233 g/mol. The Hall–Kier alpha value is -1.88. The van der Waals surface area contributed by atoms with Crippen LogP contribution in [0.15, 0.2) is 24.4 Å². The summed E-state index contributed by atoms with van der Waals surface area (Å²) in [6, 6.07) is 5.37. The summed E-state index contributed by atoms with van der Waals surface area (Å²) in [5, 5.41) is 9.09. The molecule has 17 heavy (non-hydrogen) atoms. The molecule has 0 fully saturated rings. The van der Waals surface area contributed by atoms with Gasteiger partial charge in [-0.25, -0.2) is 9.78 Å². The Labute approximate surface area is 98.9 Å². The van der Waals surface area contributed by atoms with Gasteiger partial charge >= 0.3 is 5.97 Å². The number of nitrogens with zero attached hydrogens (tertiary/aromatic N) is 2. The molecule has 0 bridgehead atoms. The van der Waals surface area contributed by atoms with Crippen molar-refractivity contribution >= 4 is 11.5 Å². The maximum atomic E-state index is 11.1. The number of fused-ring (bicyclic) bond motifs is 1. The van der Waals surface area contributed by atoms with Crippen molar-refractivity contribution in [2.24, 2.45) is 5.73 Å². The van der Waals surface area contributed by atoms with Crippen molar-refractivity contribution in [1.29, 1.82) is 0 Å². The van der Waals surface area contributed by atoms with Gasteiger partial charge in [0.15, 0.2) is 5.69 Å². The fraction of sp³-hybridized carbons (Fsp3) is 0.333. The van der Waals surface area contributed by atoms with E-state index in [1.807, 2.05) is 19.9 Å². The molecule has 0 aromatic carbocycles. The monoisotopic (exact) mass is 233 g/mol. The molecule has 0 atom stereocenters. The van der Waals surface area contributed by atoms with E-state index in [9.17, 15) is 4.79 Å². The number of pyridine rings is 1. The van der Waals surface area contributed by atoms with Crippen LogP contribution < -0.4 is 5.73 Å². The van der Waals surface area contributed by atoms with E-state index in [1.165, 1.54) is 0 Å². The molecule has 2 aromatic rings. The summed E-state index contributed by atoms with van der Waals surface area (Å²) in [5.41, 5.74) is 6.19. The molecule has 2 aromatic heterocycles. The minimum atomic E-state index is -1.02. The van der Waals surface area contributed by atoms with Crippen LogP contribution in [0.25, 0.3) is 5.52 Å². The number of carboxylic acids is 1. The van der Waals surface area contributed by atoms with Gasteiger partial charge in [0.25, 0.3) is 0 Å². The quantitative estimate of drug-likeness (QED) is 0.837. The van der Waals surface area contributed by atoms with E-state index in [-0.39, 0.29) is 5.69 Å². The highest BCUT2D eigenvalue weighted by atomic mass is 16.4. The predicted octanol–water partition coefficient (Wildman–Crippen LogP) is 1.31. The van der Waals surface area contributed by atoms with Gasteiger partial charge in [0.2, 0.25) is 0 Å². The van der Waals surface area contributed by atoms with Crippen LogP contribution in [0.3, 0.4) is 0 Å². The highest BCUT2D eigenvalue weighted by Gasteiger charge is 2.20. The van der Waals surface area contributed by atoms with Gasteiger partial charge in [0, 0.05) is 18.2 Å². The van der Waals surface area contributed by atoms with Crippen molar-refractivity contribution in [3.05, 3.63) is 35.9 Å². The van der Waals surface area contributed by atoms with Crippen molar-refractivity contribution < 1.29 is 9.90 Å². The number of aromatic nitrogens is 2. The van der Waals surface area contributed by atoms with E-state index in [1.54, 1.807) is 22.7 Å². The third-order valence-corrected chi connectivity index (χ3v) is 2.44. The van der Waals surface area contributed by atoms with Crippen LogP contribution in [-0.2, 0) is 6.42 Å². The van der Waals surface area contributed by atoms with E-state index < -0.39 is 11.5 Å². The molecule has 0 amide bonds. The summed E-state index contributed by atoms with van der Waals surface area (Å²) in [4.78, 5) is 15.2. The summed E-state index contributed by atoms with van der Waals surface area (Å²) < 4.78 is 1.78. The van der Waals surface area contributed by atoms with Gasteiger partial charge in [-0.05, 0) is 26.0 Å². The first-order valence-electron chi connectivity index (χ1n) is 5.36. The molecule has 0 saturated carbocycles. The number of hydrogen-bond donors (Lipinski definition) is 2. The molecule has 2 rings (SSSR count). The van der Waals surface area contributed by atoms with Crippen LogP contribution in [0.5, 0.6) is 0 Å². The zero-order valence-corrected chi connectivity index (χ0v) is 9.84. The topological polar surface area (TPSA) is 80.6 Å². The molecule has 0 radical (unpaired) electrons. The maximum Gasteiger partial charge on any atom is 0.356 e. The van der Waals surface area contributed by atoms with Crippen molar-refractivity contribution in [1.82, 2.24) is 9.38 Å². The summed E-state index contributed by atoms with van der Waals surface area (Å²) in [6.45, 7) is 3.77. The Kier molecular flexibility index (Phi) is 2.63. The molecule has 2 heterocycles. The van der Waals surface area contributed by atoms with Gasteiger partial charge in [-0.15, -0.1) is 0 Å². The van der Waals surface area contributed by atoms with Crippen molar-refractivity contribution in [3.8, 4) is 0 Å². The van der Waals surface area contributed by atoms with E-state index >= 15 is 0 Å². The SMILES string of the molecule is CC(C)(N)Cc1nc(C(=O)O)c2ccccn12. The van der Waals surface area contributed by atoms with Crippen LogP contribution in [0, 0.1) is 0 Å². The third-order valence-electron chi connectivity index (χ3n) is 2.44. The highest BCUT2D eigenvalue weighted by Crippen LogP contribution is 2.16. The first-order chi connectivity index (χ1) is 7.88. The summed E-state index contributed by atoms with van der Waals surface area (Å²) in [6.07, 6.45) is 2.32. The van der Waals surface area contributed by atoms with Crippen molar-refractivity contribution in [3.63, 3.8) is 0 Å². The van der Waals surface area contributed by atoms with Gasteiger partial charge in [-0.1, -0.05) is 6.07 Å². The Balaban J connectivity index is 2.61. The molecular weight excluding hydrogens is 218 g/mol. The number of rotatable bonds is 3. The molecular formula is C12H15N3O2. The fourth-order valence-electron chi connectivity index (χ4n) is 1.79. The molecule has 3 N–H and O–H groups in total. The smallest absolute Gasteiger partial charge is 0.356 e. The van der Waals surface area contributed by atoms with E-state index in [2.05, 4.69) is 4.98 Å². The van der Waals surface area contributed by atoms with Crippen LogP contribution >= 0.6 is 0 Å². The van der Waals surface area contributed by atoms with Crippen LogP contribution in [0.1, 0.15) is 30.2 Å². The molecule has 0 unspecified atom stereocenters. The molecule has 0 spiro atoms. The Bertz CT molecular complexity index is 567. The second-order valence-electron chi connectivity index (χ2n) is 4.80. The Morgan fingerprint density at radius 1 is 1.53 bits per heavy atom. The number of nitrogens with two attached hydrogens (primary N) is 1. The third kappa shape index (κ3) is 2.29.